The molecular weight excluding hydrogens is 256 g/mol. The summed E-state index contributed by atoms with van der Waals surface area (Å²) in [7, 11) is -0.898. The fourth-order valence-corrected chi connectivity index (χ4v) is 2.28. The van der Waals surface area contributed by atoms with Crippen molar-refractivity contribution >= 4 is 22.8 Å². The lowest BCUT2D eigenvalue weighted by Crippen LogP contribution is -2.45. The van der Waals surface area contributed by atoms with Crippen LogP contribution in [0.1, 0.15) is 26.2 Å². The van der Waals surface area contributed by atoms with Crippen LogP contribution in [0.25, 0.3) is 0 Å². The first-order chi connectivity index (χ1) is 8.52. The molecule has 0 radical (unpaired) electrons. The number of amides is 2. The third-order valence-corrected chi connectivity index (χ3v) is 4.14. The van der Waals surface area contributed by atoms with Gasteiger partial charge in [0.2, 0.25) is 0 Å². The number of hydrogen-bond donors (Lipinski definition) is 3. The molecule has 2 amide bonds. The molecule has 1 aliphatic carbocycles. The van der Waals surface area contributed by atoms with Crippen LogP contribution in [0.4, 0.5) is 4.79 Å². The second-order valence-corrected chi connectivity index (χ2v) is 6.24. The van der Waals surface area contributed by atoms with Crippen molar-refractivity contribution in [3.05, 3.63) is 0 Å². The van der Waals surface area contributed by atoms with E-state index >= 15 is 0 Å². The van der Waals surface area contributed by atoms with E-state index in [2.05, 4.69) is 10.6 Å². The van der Waals surface area contributed by atoms with Gasteiger partial charge < -0.3 is 15.7 Å². The molecule has 1 fully saturated rings. The molecule has 0 saturated heterocycles. The molecule has 0 bridgehead atoms. The average Bonchev–Trinajstić information content (AvgIpc) is 3.11. The number of rotatable bonds is 8. The molecule has 2 atom stereocenters. The fourth-order valence-electron chi connectivity index (χ4n) is 1.66. The van der Waals surface area contributed by atoms with Crippen molar-refractivity contribution in [3.63, 3.8) is 0 Å². The first-order valence-electron chi connectivity index (χ1n) is 6.14. The van der Waals surface area contributed by atoms with Gasteiger partial charge in [0.15, 0.2) is 0 Å². The maximum atomic E-state index is 11.5. The van der Waals surface area contributed by atoms with Gasteiger partial charge in [-0.15, -0.1) is 0 Å². The first kappa shape index (κ1) is 14.9. The van der Waals surface area contributed by atoms with Crippen LogP contribution in [-0.2, 0) is 15.6 Å². The van der Waals surface area contributed by atoms with Gasteiger partial charge in [-0.05, 0) is 18.8 Å². The van der Waals surface area contributed by atoms with Gasteiger partial charge >= 0.3 is 12.0 Å². The summed E-state index contributed by atoms with van der Waals surface area (Å²) >= 11 is 0. The average molecular weight is 276 g/mol. The van der Waals surface area contributed by atoms with E-state index in [1.54, 1.807) is 0 Å². The van der Waals surface area contributed by atoms with Crippen LogP contribution in [0.15, 0.2) is 0 Å². The van der Waals surface area contributed by atoms with Crippen molar-refractivity contribution in [1.82, 2.24) is 10.6 Å². The van der Waals surface area contributed by atoms with Crippen molar-refractivity contribution in [2.24, 2.45) is 5.92 Å². The third-order valence-electron chi connectivity index (χ3n) is 2.84. The van der Waals surface area contributed by atoms with Crippen LogP contribution in [0, 0.1) is 5.92 Å². The summed E-state index contributed by atoms with van der Waals surface area (Å²) in [5.74, 6) is 0.389. The van der Waals surface area contributed by atoms with E-state index in [0.29, 0.717) is 18.1 Å². The Balaban J connectivity index is 2.24. The maximum Gasteiger partial charge on any atom is 0.315 e. The molecule has 0 aromatic rings. The molecule has 0 aromatic heterocycles. The van der Waals surface area contributed by atoms with Gasteiger partial charge in [0.1, 0.15) is 0 Å². The lowest BCUT2D eigenvalue weighted by atomic mass is 10.1. The zero-order valence-corrected chi connectivity index (χ0v) is 11.3. The summed E-state index contributed by atoms with van der Waals surface area (Å²) in [5, 5.41) is 14.0. The molecule has 1 aliphatic rings. The van der Waals surface area contributed by atoms with Gasteiger partial charge in [-0.2, -0.15) is 0 Å². The molecule has 3 N–H and O–H groups in total. The minimum absolute atomic E-state index is 0.0427. The van der Waals surface area contributed by atoms with E-state index in [1.807, 2.05) is 6.92 Å². The zero-order valence-electron chi connectivity index (χ0n) is 10.5. The van der Waals surface area contributed by atoms with Crippen LogP contribution in [-0.4, -0.2) is 45.4 Å². The minimum Gasteiger partial charge on any atom is -0.481 e. The van der Waals surface area contributed by atoms with Gasteiger partial charge in [-0.3, -0.25) is 9.00 Å². The Bertz CT molecular complexity index is 331. The quantitative estimate of drug-likeness (QED) is 0.594. The van der Waals surface area contributed by atoms with Gasteiger partial charge in [-0.1, -0.05) is 6.92 Å². The molecular formula is C11H20N2O4S. The van der Waals surface area contributed by atoms with Gasteiger partial charge in [0.05, 0.1) is 6.42 Å². The highest BCUT2D eigenvalue weighted by Crippen LogP contribution is 2.33. The Morgan fingerprint density at radius 2 is 2.11 bits per heavy atom. The van der Waals surface area contributed by atoms with Gasteiger partial charge in [-0.25, -0.2) is 4.79 Å². The van der Waals surface area contributed by atoms with Crippen LogP contribution in [0.3, 0.4) is 0 Å². The topological polar surface area (TPSA) is 95.5 Å². The second kappa shape index (κ2) is 7.35. The Kier molecular flexibility index (Phi) is 6.11. The normalized spacial score (nSPS) is 17.8. The highest BCUT2D eigenvalue weighted by Gasteiger charge is 2.33. The monoisotopic (exact) mass is 276 g/mol. The van der Waals surface area contributed by atoms with Crippen LogP contribution in [0.2, 0.25) is 0 Å². The summed E-state index contributed by atoms with van der Waals surface area (Å²) in [6.07, 6.45) is 1.90. The predicted molar refractivity (Wildman–Crippen MR) is 68.8 cm³/mol. The molecule has 0 aliphatic heterocycles. The van der Waals surface area contributed by atoms with E-state index < -0.39 is 16.8 Å². The smallest absolute Gasteiger partial charge is 0.315 e. The Morgan fingerprint density at radius 3 is 2.61 bits per heavy atom. The van der Waals surface area contributed by atoms with E-state index in [-0.39, 0.29) is 24.4 Å². The Morgan fingerprint density at radius 1 is 1.44 bits per heavy atom. The molecule has 6 nitrogen and oxygen atoms in total. The fraction of sp³-hybridized carbons (Fsp3) is 0.818. The SMILES string of the molecule is CCS(=O)CCNC(=O)NC(CC(=O)O)C1CC1. The molecule has 18 heavy (non-hydrogen) atoms. The summed E-state index contributed by atoms with van der Waals surface area (Å²) in [6.45, 7) is 2.17. The van der Waals surface area contributed by atoms with E-state index in [4.69, 9.17) is 5.11 Å². The summed E-state index contributed by atoms with van der Waals surface area (Å²) < 4.78 is 11.1. The summed E-state index contributed by atoms with van der Waals surface area (Å²) in [6, 6.07) is -0.666. The van der Waals surface area contributed by atoms with Gasteiger partial charge in [0, 0.05) is 34.9 Å². The third kappa shape index (κ3) is 6.00. The number of hydrogen-bond acceptors (Lipinski definition) is 3. The van der Waals surface area contributed by atoms with Crippen molar-refractivity contribution in [3.8, 4) is 0 Å². The lowest BCUT2D eigenvalue weighted by molar-refractivity contribution is -0.137. The molecule has 0 heterocycles. The minimum atomic E-state index is -0.903. The highest BCUT2D eigenvalue weighted by atomic mass is 32.2. The summed E-state index contributed by atoms with van der Waals surface area (Å²) in [4.78, 5) is 22.2. The highest BCUT2D eigenvalue weighted by molar-refractivity contribution is 7.84. The number of carboxylic acids is 1. The Labute approximate surface area is 109 Å². The number of carbonyl (C=O) groups excluding carboxylic acids is 1. The van der Waals surface area contributed by atoms with Crippen LogP contribution >= 0.6 is 0 Å². The van der Waals surface area contributed by atoms with Crippen molar-refractivity contribution in [1.29, 1.82) is 0 Å². The summed E-state index contributed by atoms with van der Waals surface area (Å²) in [5.41, 5.74) is 0. The second-order valence-electron chi connectivity index (χ2n) is 4.37. The lowest BCUT2D eigenvalue weighted by Gasteiger charge is -2.16. The number of nitrogens with one attached hydrogen (secondary N) is 2. The van der Waals surface area contributed by atoms with Crippen LogP contribution in [0.5, 0.6) is 0 Å². The molecule has 2 unspecified atom stereocenters. The van der Waals surface area contributed by atoms with Crippen molar-refractivity contribution in [2.75, 3.05) is 18.1 Å². The Hall–Kier alpha value is -1.11. The largest absolute Gasteiger partial charge is 0.481 e. The van der Waals surface area contributed by atoms with E-state index in [1.165, 1.54) is 0 Å². The maximum absolute atomic E-state index is 11.5. The molecule has 0 spiro atoms. The standard InChI is InChI=1S/C11H20N2O4S/c1-2-18(17)6-5-12-11(16)13-9(7-10(14)15)8-3-4-8/h8-9H,2-7H2,1H3,(H,14,15)(H2,12,13,16). The van der Waals surface area contributed by atoms with Crippen molar-refractivity contribution < 1.29 is 18.9 Å². The number of carbonyl (C=O) groups is 2. The van der Waals surface area contributed by atoms with E-state index in [0.717, 1.165) is 12.8 Å². The molecule has 7 heteroatoms. The van der Waals surface area contributed by atoms with Crippen LogP contribution < -0.4 is 10.6 Å². The number of aliphatic carboxylic acids is 1. The number of urea groups is 1. The molecule has 1 rings (SSSR count). The van der Waals surface area contributed by atoms with Crippen molar-refractivity contribution in [2.45, 2.75) is 32.2 Å². The van der Waals surface area contributed by atoms with Gasteiger partial charge in [0.25, 0.3) is 0 Å². The first-order valence-corrected chi connectivity index (χ1v) is 7.62. The van der Waals surface area contributed by atoms with E-state index in [9.17, 15) is 13.8 Å². The zero-order chi connectivity index (χ0) is 13.5. The molecule has 104 valence electrons. The molecule has 1 saturated carbocycles. The molecule has 0 aromatic carbocycles. The number of carboxylic acid groups (broad SMARTS) is 1. The predicted octanol–water partition coefficient (Wildman–Crippen LogP) is 0.308.